The Kier molecular flexibility index (Phi) is 13.4. The van der Waals surface area contributed by atoms with Crippen LogP contribution in [-0.4, -0.2) is 107 Å². The summed E-state index contributed by atoms with van der Waals surface area (Å²) in [6.45, 7) is 18.1. The number of nitrogens with zero attached hydrogens (tertiary/aromatic N) is 4. The molecule has 3 rings (SSSR count). The van der Waals surface area contributed by atoms with Crippen molar-refractivity contribution in [2.75, 3.05) is 32.8 Å². The maximum Gasteiger partial charge on any atom is 0.409 e. The molecule has 2 aromatic rings. The van der Waals surface area contributed by atoms with E-state index in [2.05, 4.69) is 58.0 Å². The number of carboxylic acids is 1. The van der Waals surface area contributed by atoms with Gasteiger partial charge in [0.05, 0.1) is 12.7 Å². The number of ether oxygens (including phenoxy) is 1. The fourth-order valence-corrected chi connectivity index (χ4v) is 7.18. The Morgan fingerprint density at radius 3 is 2.21 bits per heavy atom. The zero-order valence-electron chi connectivity index (χ0n) is 28.7. The highest BCUT2D eigenvalue weighted by molar-refractivity contribution is 7.99. The zero-order valence-corrected chi connectivity index (χ0v) is 30.6. The molecule has 2 N–H and O–H groups in total. The third-order valence-electron chi connectivity index (χ3n) is 8.59. The Morgan fingerprint density at radius 1 is 1.02 bits per heavy atom. The molecule has 258 valence electrons. The lowest BCUT2D eigenvalue weighted by molar-refractivity contribution is -0.138. The molecule has 2 unspecified atom stereocenters. The predicted octanol–water partition coefficient (Wildman–Crippen LogP) is 5.30. The van der Waals surface area contributed by atoms with E-state index in [1.165, 1.54) is 21.6 Å². The van der Waals surface area contributed by atoms with Crippen molar-refractivity contribution in [1.29, 1.82) is 0 Å². The monoisotopic (exact) mass is 687 g/mol. The third-order valence-corrected chi connectivity index (χ3v) is 14.4. The van der Waals surface area contributed by atoms with Crippen LogP contribution < -0.4 is 5.32 Å². The molecule has 2 heterocycles. The van der Waals surface area contributed by atoms with E-state index in [1.807, 2.05) is 30.3 Å². The molecule has 0 radical (unpaired) electrons. The van der Waals surface area contributed by atoms with Gasteiger partial charge in [0.1, 0.15) is 16.8 Å². The van der Waals surface area contributed by atoms with Crippen molar-refractivity contribution in [3.05, 3.63) is 42.1 Å². The van der Waals surface area contributed by atoms with Crippen LogP contribution in [0.4, 0.5) is 4.79 Å². The second kappa shape index (κ2) is 16.6. The summed E-state index contributed by atoms with van der Waals surface area (Å²) in [6.07, 6.45) is -0.952. The maximum atomic E-state index is 13.7. The Hall–Kier alpha value is -3.49. The molecule has 0 spiro atoms. The highest BCUT2D eigenvalue weighted by Gasteiger charge is 2.39. The van der Waals surface area contributed by atoms with Crippen LogP contribution in [0.2, 0.25) is 18.1 Å². The number of aromatic nitrogens is 2. The van der Waals surface area contributed by atoms with Gasteiger partial charge in [-0.1, -0.05) is 58.0 Å². The number of hydrogen-bond acceptors (Lipinski definition) is 9. The first-order chi connectivity index (χ1) is 22.0. The van der Waals surface area contributed by atoms with Crippen LogP contribution in [0.5, 0.6) is 0 Å². The van der Waals surface area contributed by atoms with Crippen LogP contribution in [0, 0.1) is 0 Å². The number of piperazine rings is 1. The van der Waals surface area contributed by atoms with Crippen LogP contribution in [0.15, 0.2) is 41.4 Å². The molecule has 1 aliphatic rings. The van der Waals surface area contributed by atoms with E-state index in [1.54, 1.807) is 13.0 Å². The normalized spacial score (nSPS) is 15.8. The van der Waals surface area contributed by atoms with E-state index in [-0.39, 0.29) is 67.7 Å². The van der Waals surface area contributed by atoms with Crippen LogP contribution in [0.25, 0.3) is 11.4 Å². The van der Waals surface area contributed by atoms with Gasteiger partial charge in [0, 0.05) is 49.5 Å². The van der Waals surface area contributed by atoms with Gasteiger partial charge in [-0.2, -0.15) is 0 Å². The van der Waals surface area contributed by atoms with Crippen molar-refractivity contribution in [3.8, 4) is 11.4 Å². The number of aliphatic carboxylic acids is 1. The quantitative estimate of drug-likeness (QED) is 0.161. The summed E-state index contributed by atoms with van der Waals surface area (Å²) < 4.78 is 11.7. The van der Waals surface area contributed by atoms with E-state index < -0.39 is 38.2 Å². The number of carbonyl (C=O) groups is 4. The lowest BCUT2D eigenvalue weighted by Gasteiger charge is -2.39. The number of rotatable bonds is 13. The zero-order chi connectivity index (χ0) is 34.9. The van der Waals surface area contributed by atoms with Crippen LogP contribution in [0.1, 0.15) is 64.9 Å². The van der Waals surface area contributed by atoms with Crippen molar-refractivity contribution in [3.63, 3.8) is 0 Å². The standard InChI is InChI=1S/C33H49N5O7SSi/c1-9-44-32(43)38-19-17-37(18-20-38)31(42)25(15-16-28(39)40)35-30(41)26-21-27(36-29(34-26)24-13-11-10-12-14-24)46-23(3)22(2)45-47(7,8)33(4,5)6/h10-14,21-23,25H,9,15-20H2,1-8H3,(H,35,41)(H,39,40)/t22?,23?,25-/m0/s1. The van der Waals surface area contributed by atoms with Crippen molar-refractivity contribution in [2.45, 2.75) is 94.9 Å². The second-order valence-corrected chi connectivity index (χ2v) is 19.3. The van der Waals surface area contributed by atoms with Gasteiger partial charge in [0.15, 0.2) is 14.1 Å². The van der Waals surface area contributed by atoms with Gasteiger partial charge in [-0.15, -0.1) is 11.8 Å². The lowest BCUT2D eigenvalue weighted by Crippen LogP contribution is -2.56. The number of carbonyl (C=O) groups excluding carboxylic acids is 3. The molecule has 0 bridgehead atoms. The highest BCUT2D eigenvalue weighted by atomic mass is 32.2. The minimum atomic E-state index is -2.03. The molecular weight excluding hydrogens is 639 g/mol. The van der Waals surface area contributed by atoms with Gasteiger partial charge >= 0.3 is 12.1 Å². The van der Waals surface area contributed by atoms with Gasteiger partial charge in [0.2, 0.25) is 5.91 Å². The number of nitrogens with one attached hydrogen (secondary N) is 1. The molecule has 1 aliphatic heterocycles. The average molecular weight is 688 g/mol. The largest absolute Gasteiger partial charge is 0.481 e. The smallest absolute Gasteiger partial charge is 0.409 e. The second-order valence-electron chi connectivity index (χ2n) is 13.2. The van der Waals surface area contributed by atoms with E-state index in [0.717, 1.165) is 5.56 Å². The van der Waals surface area contributed by atoms with Crippen LogP contribution in [0.3, 0.4) is 0 Å². The number of carboxylic acid groups (broad SMARTS) is 1. The Morgan fingerprint density at radius 2 is 1.64 bits per heavy atom. The first-order valence-electron chi connectivity index (χ1n) is 16.0. The first kappa shape index (κ1) is 38.0. The molecule has 0 aliphatic carbocycles. The average Bonchev–Trinajstić information content (AvgIpc) is 3.02. The number of amides is 3. The first-order valence-corrected chi connectivity index (χ1v) is 19.8. The van der Waals surface area contributed by atoms with Crippen molar-refractivity contribution in [2.24, 2.45) is 0 Å². The SMILES string of the molecule is CCOC(=O)N1CCN(C(=O)[C@H](CCC(=O)O)NC(=O)c2cc(SC(C)C(C)O[Si](C)(C)C(C)(C)C)nc(-c3ccccc3)n2)CC1. The van der Waals surface area contributed by atoms with Crippen molar-refractivity contribution < 1.29 is 33.4 Å². The number of thioether (sulfide) groups is 1. The molecule has 47 heavy (non-hydrogen) atoms. The topological polar surface area (TPSA) is 151 Å². The molecule has 3 atom stereocenters. The highest BCUT2D eigenvalue weighted by Crippen LogP contribution is 2.39. The van der Waals surface area contributed by atoms with Gasteiger partial charge < -0.3 is 29.4 Å². The minimum Gasteiger partial charge on any atom is -0.481 e. The van der Waals surface area contributed by atoms with Crippen molar-refractivity contribution >= 4 is 44.0 Å². The Bertz CT molecular complexity index is 1400. The van der Waals surface area contributed by atoms with Gasteiger partial charge in [-0.05, 0) is 38.4 Å². The summed E-state index contributed by atoms with van der Waals surface area (Å²) >= 11 is 1.48. The van der Waals surface area contributed by atoms with Gasteiger partial charge in [-0.25, -0.2) is 14.8 Å². The molecule has 1 fully saturated rings. The maximum absolute atomic E-state index is 13.7. The van der Waals surface area contributed by atoms with E-state index >= 15 is 0 Å². The fourth-order valence-electron chi connectivity index (χ4n) is 4.64. The van der Waals surface area contributed by atoms with E-state index in [4.69, 9.17) is 14.1 Å². The molecule has 3 amide bonds. The lowest BCUT2D eigenvalue weighted by atomic mass is 10.1. The Balaban J connectivity index is 1.85. The summed E-state index contributed by atoms with van der Waals surface area (Å²) in [5.41, 5.74) is 0.784. The predicted molar refractivity (Wildman–Crippen MR) is 184 cm³/mol. The molecule has 14 heteroatoms. The number of benzene rings is 1. The summed E-state index contributed by atoms with van der Waals surface area (Å²) in [5, 5.41) is 12.7. The molecule has 1 aromatic heterocycles. The Labute approximate surface area is 283 Å². The molecular formula is C33H49N5O7SSi. The van der Waals surface area contributed by atoms with Crippen LogP contribution in [-0.2, 0) is 18.8 Å². The summed E-state index contributed by atoms with van der Waals surface area (Å²) in [4.78, 5) is 63.2. The molecule has 0 saturated carbocycles. The molecule has 1 saturated heterocycles. The van der Waals surface area contributed by atoms with Gasteiger partial charge in [0.25, 0.3) is 5.91 Å². The van der Waals surface area contributed by atoms with E-state index in [9.17, 15) is 24.3 Å². The summed E-state index contributed by atoms with van der Waals surface area (Å²) in [6, 6.07) is 9.80. The molecule has 12 nitrogen and oxygen atoms in total. The summed E-state index contributed by atoms with van der Waals surface area (Å²) in [7, 11) is -2.03. The third kappa shape index (κ3) is 10.8. The number of hydrogen-bond donors (Lipinski definition) is 2. The van der Waals surface area contributed by atoms with E-state index in [0.29, 0.717) is 10.9 Å². The van der Waals surface area contributed by atoms with Crippen LogP contribution >= 0.6 is 11.8 Å². The van der Waals surface area contributed by atoms with Gasteiger partial charge in [-0.3, -0.25) is 14.4 Å². The summed E-state index contributed by atoms with van der Waals surface area (Å²) in [5.74, 6) is -1.76. The fraction of sp³-hybridized carbons (Fsp3) is 0.576. The van der Waals surface area contributed by atoms with Crippen molar-refractivity contribution in [1.82, 2.24) is 25.1 Å². The minimum absolute atomic E-state index is 0.00303. The molecule has 1 aromatic carbocycles.